The summed E-state index contributed by atoms with van der Waals surface area (Å²) >= 11 is 5.81. The maximum absolute atomic E-state index is 8.55. The quantitative estimate of drug-likeness (QED) is 0.849. The first-order valence-corrected chi connectivity index (χ1v) is 5.39. The number of nitrogens with one attached hydrogen (secondary N) is 1. The van der Waals surface area contributed by atoms with Gasteiger partial charge in [-0.05, 0) is 31.5 Å². The van der Waals surface area contributed by atoms with Gasteiger partial charge in [-0.25, -0.2) is 0 Å². The molecule has 2 atom stereocenters. The Morgan fingerprint density at radius 2 is 1.93 bits per heavy atom. The first-order chi connectivity index (χ1) is 7.13. The van der Waals surface area contributed by atoms with E-state index in [2.05, 4.69) is 18.3 Å². The van der Waals surface area contributed by atoms with Crippen LogP contribution in [0.2, 0.25) is 5.02 Å². The minimum Gasteiger partial charge on any atom is -0.307 e. The molecule has 0 amide bonds. The number of benzene rings is 1. The highest BCUT2D eigenvalue weighted by atomic mass is 35.5. The Kier molecular flexibility index (Phi) is 4.61. The number of hydrogen-bond donors (Lipinski definition) is 1. The lowest BCUT2D eigenvalue weighted by atomic mass is 10.1. The highest BCUT2D eigenvalue weighted by molar-refractivity contribution is 6.30. The SMILES string of the molecule is CC(CC#N)N[C@H](C)c1ccc(Cl)cc1. The van der Waals surface area contributed by atoms with Crippen LogP contribution in [0.1, 0.15) is 31.9 Å². The smallest absolute Gasteiger partial charge is 0.0638 e. The van der Waals surface area contributed by atoms with Crippen molar-refractivity contribution in [1.82, 2.24) is 5.32 Å². The summed E-state index contributed by atoms with van der Waals surface area (Å²) in [6.45, 7) is 4.09. The van der Waals surface area contributed by atoms with Crippen molar-refractivity contribution in [2.75, 3.05) is 0 Å². The lowest BCUT2D eigenvalue weighted by molar-refractivity contribution is 0.485. The van der Waals surface area contributed by atoms with Gasteiger partial charge in [-0.1, -0.05) is 23.7 Å². The van der Waals surface area contributed by atoms with E-state index < -0.39 is 0 Å². The molecule has 0 fully saturated rings. The molecule has 0 aromatic heterocycles. The molecule has 0 aliphatic carbocycles. The summed E-state index contributed by atoms with van der Waals surface area (Å²) in [4.78, 5) is 0. The lowest BCUT2D eigenvalue weighted by Gasteiger charge is -2.18. The van der Waals surface area contributed by atoms with Crippen LogP contribution < -0.4 is 5.32 Å². The second-order valence-electron chi connectivity index (χ2n) is 3.70. The van der Waals surface area contributed by atoms with E-state index in [0.29, 0.717) is 6.42 Å². The van der Waals surface area contributed by atoms with Gasteiger partial charge in [0.25, 0.3) is 0 Å². The number of hydrogen-bond acceptors (Lipinski definition) is 2. The molecule has 80 valence electrons. The van der Waals surface area contributed by atoms with Gasteiger partial charge in [-0.15, -0.1) is 0 Å². The van der Waals surface area contributed by atoms with Crippen molar-refractivity contribution in [3.05, 3.63) is 34.9 Å². The summed E-state index contributed by atoms with van der Waals surface area (Å²) in [7, 11) is 0. The molecule has 0 saturated carbocycles. The van der Waals surface area contributed by atoms with E-state index in [0.717, 1.165) is 5.02 Å². The molecule has 1 N–H and O–H groups in total. The van der Waals surface area contributed by atoms with Crippen LogP contribution in [-0.2, 0) is 0 Å². The van der Waals surface area contributed by atoms with Crippen LogP contribution in [-0.4, -0.2) is 6.04 Å². The van der Waals surface area contributed by atoms with Gasteiger partial charge in [0.15, 0.2) is 0 Å². The van der Waals surface area contributed by atoms with Crippen LogP contribution in [0.3, 0.4) is 0 Å². The molecule has 3 heteroatoms. The van der Waals surface area contributed by atoms with Gasteiger partial charge in [0.2, 0.25) is 0 Å². The summed E-state index contributed by atoms with van der Waals surface area (Å²) in [6.07, 6.45) is 0.526. The Labute approximate surface area is 95.9 Å². The molecule has 2 nitrogen and oxygen atoms in total. The third-order valence-corrected chi connectivity index (χ3v) is 2.55. The van der Waals surface area contributed by atoms with Crippen molar-refractivity contribution >= 4 is 11.6 Å². The van der Waals surface area contributed by atoms with E-state index in [4.69, 9.17) is 16.9 Å². The van der Waals surface area contributed by atoms with Crippen LogP contribution >= 0.6 is 11.6 Å². The molecule has 0 aliphatic rings. The van der Waals surface area contributed by atoms with Gasteiger partial charge in [-0.3, -0.25) is 0 Å². The lowest BCUT2D eigenvalue weighted by Crippen LogP contribution is -2.28. The summed E-state index contributed by atoms with van der Waals surface area (Å²) in [6, 6.07) is 10.4. The van der Waals surface area contributed by atoms with Gasteiger partial charge in [0, 0.05) is 17.1 Å². The molecule has 0 spiro atoms. The first kappa shape index (κ1) is 12.0. The molecule has 0 bridgehead atoms. The Balaban J connectivity index is 2.57. The fourth-order valence-corrected chi connectivity index (χ4v) is 1.60. The molecule has 1 unspecified atom stereocenters. The second kappa shape index (κ2) is 5.75. The zero-order chi connectivity index (χ0) is 11.3. The standard InChI is InChI=1S/C12H15ClN2/c1-9(7-8-14)15-10(2)11-3-5-12(13)6-4-11/h3-6,9-10,15H,7H2,1-2H3/t9?,10-/m1/s1. The largest absolute Gasteiger partial charge is 0.307 e. The van der Waals surface area contributed by atoms with Crippen LogP contribution in [0.5, 0.6) is 0 Å². The van der Waals surface area contributed by atoms with Crippen molar-refractivity contribution < 1.29 is 0 Å². The monoisotopic (exact) mass is 222 g/mol. The molecule has 0 aliphatic heterocycles. The zero-order valence-electron chi connectivity index (χ0n) is 9.00. The normalized spacial score (nSPS) is 14.3. The molecule has 1 aromatic rings. The summed E-state index contributed by atoms with van der Waals surface area (Å²) in [5.74, 6) is 0. The first-order valence-electron chi connectivity index (χ1n) is 5.02. The van der Waals surface area contributed by atoms with E-state index in [1.165, 1.54) is 5.56 Å². The highest BCUT2D eigenvalue weighted by Gasteiger charge is 2.08. The van der Waals surface area contributed by atoms with Gasteiger partial charge >= 0.3 is 0 Å². The van der Waals surface area contributed by atoms with Crippen LogP contribution in [0, 0.1) is 11.3 Å². The molecular weight excluding hydrogens is 208 g/mol. The predicted octanol–water partition coefficient (Wildman–Crippen LogP) is 3.29. The average Bonchev–Trinajstić information content (AvgIpc) is 2.18. The van der Waals surface area contributed by atoms with Crippen molar-refractivity contribution in [1.29, 1.82) is 5.26 Å². The number of rotatable bonds is 4. The Morgan fingerprint density at radius 3 is 2.47 bits per heavy atom. The average molecular weight is 223 g/mol. The molecule has 1 aromatic carbocycles. The maximum Gasteiger partial charge on any atom is 0.0638 e. The Morgan fingerprint density at radius 1 is 1.33 bits per heavy atom. The minimum atomic E-state index is 0.209. The van der Waals surface area contributed by atoms with Crippen molar-refractivity contribution in [2.24, 2.45) is 0 Å². The summed E-state index contributed by atoms with van der Waals surface area (Å²) in [5.41, 5.74) is 1.18. The van der Waals surface area contributed by atoms with Crippen LogP contribution in [0.4, 0.5) is 0 Å². The molecule has 15 heavy (non-hydrogen) atoms. The summed E-state index contributed by atoms with van der Waals surface area (Å²) in [5, 5.41) is 12.6. The molecule has 1 rings (SSSR count). The molecular formula is C12H15ClN2. The predicted molar refractivity (Wildman–Crippen MR) is 62.7 cm³/mol. The van der Waals surface area contributed by atoms with E-state index in [9.17, 15) is 0 Å². The number of halogens is 1. The maximum atomic E-state index is 8.55. The molecule has 0 radical (unpaired) electrons. The Bertz CT molecular complexity index is 340. The van der Waals surface area contributed by atoms with Gasteiger partial charge in [0.05, 0.1) is 12.5 Å². The Hall–Kier alpha value is -1.04. The third kappa shape index (κ3) is 3.91. The summed E-state index contributed by atoms with van der Waals surface area (Å²) < 4.78 is 0. The third-order valence-electron chi connectivity index (χ3n) is 2.30. The van der Waals surface area contributed by atoms with Gasteiger partial charge < -0.3 is 5.32 Å². The zero-order valence-corrected chi connectivity index (χ0v) is 9.75. The molecule has 0 saturated heterocycles. The van der Waals surface area contributed by atoms with E-state index in [1.54, 1.807) is 0 Å². The molecule has 0 heterocycles. The van der Waals surface area contributed by atoms with Gasteiger partial charge in [0.1, 0.15) is 0 Å². The van der Waals surface area contributed by atoms with E-state index in [-0.39, 0.29) is 12.1 Å². The van der Waals surface area contributed by atoms with Crippen molar-refractivity contribution in [3.63, 3.8) is 0 Å². The fraction of sp³-hybridized carbons (Fsp3) is 0.417. The van der Waals surface area contributed by atoms with Crippen molar-refractivity contribution in [3.8, 4) is 6.07 Å². The van der Waals surface area contributed by atoms with Gasteiger partial charge in [-0.2, -0.15) is 5.26 Å². The van der Waals surface area contributed by atoms with E-state index in [1.807, 2.05) is 31.2 Å². The second-order valence-corrected chi connectivity index (χ2v) is 4.14. The topological polar surface area (TPSA) is 35.8 Å². The number of nitriles is 1. The van der Waals surface area contributed by atoms with Crippen molar-refractivity contribution in [2.45, 2.75) is 32.4 Å². The fourth-order valence-electron chi connectivity index (χ4n) is 1.47. The van der Waals surface area contributed by atoms with Crippen LogP contribution in [0.25, 0.3) is 0 Å². The van der Waals surface area contributed by atoms with Crippen LogP contribution in [0.15, 0.2) is 24.3 Å². The minimum absolute atomic E-state index is 0.209. The highest BCUT2D eigenvalue weighted by Crippen LogP contribution is 2.16. The number of nitrogens with zero attached hydrogens (tertiary/aromatic N) is 1. The van der Waals surface area contributed by atoms with E-state index >= 15 is 0 Å².